The molecule has 5 heteroatoms. The Bertz CT molecular complexity index is 990. The highest BCUT2D eigenvalue weighted by Crippen LogP contribution is 2.44. The van der Waals surface area contributed by atoms with Gasteiger partial charge in [0.15, 0.2) is 0 Å². The molecule has 1 amide bonds. The summed E-state index contributed by atoms with van der Waals surface area (Å²) >= 11 is 0. The fourth-order valence-corrected chi connectivity index (χ4v) is 3.88. The average Bonchev–Trinajstić information content (AvgIpc) is 3.05. The summed E-state index contributed by atoms with van der Waals surface area (Å²) in [7, 11) is 0. The minimum Gasteiger partial charge on any atom is -0.449 e. The molecule has 29 heavy (non-hydrogen) atoms. The van der Waals surface area contributed by atoms with Gasteiger partial charge in [0, 0.05) is 5.92 Å². The third-order valence-electron chi connectivity index (χ3n) is 5.35. The molecular formula is C24H22FNO3. The smallest absolute Gasteiger partial charge is 0.407 e. The molecule has 4 rings (SSSR count). The molecule has 3 aromatic carbocycles. The molecule has 0 fully saturated rings. The molecule has 0 aromatic heterocycles. The van der Waals surface area contributed by atoms with E-state index in [0.717, 1.165) is 22.3 Å². The van der Waals surface area contributed by atoms with E-state index in [4.69, 9.17) is 4.74 Å². The van der Waals surface area contributed by atoms with Crippen molar-refractivity contribution in [2.75, 3.05) is 6.61 Å². The number of alkyl carbamates (subject to hydrolysis) is 1. The Morgan fingerprint density at radius 1 is 1.03 bits per heavy atom. The van der Waals surface area contributed by atoms with Gasteiger partial charge in [-0.2, -0.15) is 0 Å². The van der Waals surface area contributed by atoms with Gasteiger partial charge in [0.1, 0.15) is 12.4 Å². The van der Waals surface area contributed by atoms with Crippen LogP contribution in [0.5, 0.6) is 0 Å². The van der Waals surface area contributed by atoms with E-state index in [-0.39, 0.29) is 12.5 Å². The average molecular weight is 391 g/mol. The van der Waals surface area contributed by atoms with Crippen molar-refractivity contribution in [2.24, 2.45) is 0 Å². The van der Waals surface area contributed by atoms with Crippen molar-refractivity contribution in [1.29, 1.82) is 0 Å². The third kappa shape index (κ3) is 3.87. The second-order valence-corrected chi connectivity index (χ2v) is 7.26. The second kappa shape index (κ2) is 8.05. The summed E-state index contributed by atoms with van der Waals surface area (Å²) in [6, 6.07) is 21.3. The number of hydrogen-bond donors (Lipinski definition) is 2. The van der Waals surface area contributed by atoms with Crippen molar-refractivity contribution in [3.63, 3.8) is 0 Å². The van der Waals surface area contributed by atoms with Crippen LogP contribution in [-0.4, -0.2) is 23.8 Å². The molecule has 1 aliphatic rings. The first-order valence-electron chi connectivity index (χ1n) is 9.59. The predicted octanol–water partition coefficient (Wildman–Crippen LogP) is 4.79. The lowest BCUT2D eigenvalue weighted by molar-refractivity contribution is 0.108. The number of benzene rings is 3. The molecule has 2 unspecified atom stereocenters. The van der Waals surface area contributed by atoms with E-state index in [1.54, 1.807) is 13.0 Å². The van der Waals surface area contributed by atoms with Gasteiger partial charge in [-0.1, -0.05) is 60.7 Å². The molecule has 2 atom stereocenters. The van der Waals surface area contributed by atoms with Gasteiger partial charge in [0.05, 0.1) is 12.1 Å². The Labute approximate surface area is 169 Å². The number of aliphatic hydroxyl groups is 1. The van der Waals surface area contributed by atoms with Crippen molar-refractivity contribution in [2.45, 2.75) is 25.0 Å². The highest BCUT2D eigenvalue weighted by atomic mass is 19.1. The predicted molar refractivity (Wildman–Crippen MR) is 109 cm³/mol. The first-order valence-corrected chi connectivity index (χ1v) is 9.59. The third-order valence-corrected chi connectivity index (χ3v) is 5.35. The highest BCUT2D eigenvalue weighted by Gasteiger charge is 2.29. The second-order valence-electron chi connectivity index (χ2n) is 7.26. The number of carbonyl (C=O) groups is 1. The van der Waals surface area contributed by atoms with E-state index >= 15 is 0 Å². The van der Waals surface area contributed by atoms with E-state index in [9.17, 15) is 14.3 Å². The normalized spacial score (nSPS) is 14.6. The van der Waals surface area contributed by atoms with E-state index in [2.05, 4.69) is 29.6 Å². The van der Waals surface area contributed by atoms with Crippen LogP contribution in [0, 0.1) is 5.82 Å². The minimum atomic E-state index is -1.04. The van der Waals surface area contributed by atoms with E-state index in [0.29, 0.717) is 5.56 Å². The number of ether oxygens (including phenoxy) is 1. The molecule has 0 bridgehead atoms. The first-order chi connectivity index (χ1) is 14.0. The summed E-state index contributed by atoms with van der Waals surface area (Å²) in [5.41, 5.74) is 4.99. The Morgan fingerprint density at radius 3 is 2.28 bits per heavy atom. The van der Waals surface area contributed by atoms with Crippen molar-refractivity contribution >= 4 is 6.09 Å². The summed E-state index contributed by atoms with van der Waals surface area (Å²) in [6.45, 7) is 1.85. The minimum absolute atomic E-state index is 0.0309. The Morgan fingerprint density at radius 2 is 1.66 bits per heavy atom. The SMILES string of the molecule is CC(NC(=O)OCC1c2ccccc2-c2ccccc21)C(O)c1cccc(F)c1. The standard InChI is InChI=1S/C24H22FNO3/c1-15(23(27)16-7-6-8-17(25)13-16)26-24(28)29-14-22-20-11-4-2-9-18(20)19-10-3-5-12-21(19)22/h2-13,15,22-23,27H,14H2,1H3,(H,26,28). The number of fused-ring (bicyclic) bond motifs is 3. The zero-order valence-corrected chi connectivity index (χ0v) is 16.0. The number of nitrogens with one attached hydrogen (secondary N) is 1. The fraction of sp³-hybridized carbons (Fsp3) is 0.208. The molecule has 148 valence electrons. The van der Waals surface area contributed by atoms with Crippen molar-refractivity contribution < 1.29 is 19.0 Å². The lowest BCUT2D eigenvalue weighted by atomic mass is 9.98. The van der Waals surface area contributed by atoms with E-state index in [1.807, 2.05) is 24.3 Å². The summed E-state index contributed by atoms with van der Waals surface area (Å²) < 4.78 is 18.9. The van der Waals surface area contributed by atoms with Gasteiger partial charge < -0.3 is 15.2 Å². The quantitative estimate of drug-likeness (QED) is 0.658. The summed E-state index contributed by atoms with van der Waals surface area (Å²) in [5, 5.41) is 13.0. The van der Waals surface area contributed by atoms with Gasteiger partial charge in [0.2, 0.25) is 0 Å². The van der Waals surface area contributed by atoms with E-state index < -0.39 is 24.1 Å². The number of hydrogen-bond acceptors (Lipinski definition) is 3. The molecule has 1 aliphatic carbocycles. The Kier molecular flexibility index (Phi) is 5.32. The molecular weight excluding hydrogens is 369 g/mol. The number of halogens is 1. The molecule has 2 N–H and O–H groups in total. The largest absolute Gasteiger partial charge is 0.449 e. The Balaban J connectivity index is 1.41. The highest BCUT2D eigenvalue weighted by molar-refractivity contribution is 5.79. The number of rotatable bonds is 5. The number of amides is 1. The van der Waals surface area contributed by atoms with Crippen LogP contribution < -0.4 is 5.32 Å². The van der Waals surface area contributed by atoms with Crippen LogP contribution >= 0.6 is 0 Å². The molecule has 0 saturated heterocycles. The van der Waals surface area contributed by atoms with Crippen molar-refractivity contribution in [3.05, 3.63) is 95.3 Å². The maximum Gasteiger partial charge on any atom is 0.407 e. The van der Waals surface area contributed by atoms with Crippen LogP contribution in [0.1, 0.15) is 35.6 Å². The van der Waals surface area contributed by atoms with Crippen LogP contribution in [0.4, 0.5) is 9.18 Å². The Hall–Kier alpha value is -3.18. The van der Waals surface area contributed by atoms with Gasteiger partial charge in [-0.15, -0.1) is 0 Å². The van der Waals surface area contributed by atoms with Crippen molar-refractivity contribution in [1.82, 2.24) is 5.32 Å². The van der Waals surface area contributed by atoms with Gasteiger partial charge in [-0.05, 0) is 46.9 Å². The summed E-state index contributed by atoms with van der Waals surface area (Å²) in [4.78, 5) is 12.3. The topological polar surface area (TPSA) is 58.6 Å². The van der Waals surface area contributed by atoms with Gasteiger partial charge in [-0.3, -0.25) is 0 Å². The fourth-order valence-electron chi connectivity index (χ4n) is 3.88. The molecule has 0 spiro atoms. The van der Waals surface area contributed by atoms with E-state index in [1.165, 1.54) is 18.2 Å². The molecule has 0 aliphatic heterocycles. The van der Waals surface area contributed by atoms with Crippen LogP contribution in [0.25, 0.3) is 11.1 Å². The molecule has 0 saturated carbocycles. The maximum absolute atomic E-state index is 13.4. The van der Waals surface area contributed by atoms with Crippen LogP contribution in [-0.2, 0) is 4.74 Å². The van der Waals surface area contributed by atoms with Crippen molar-refractivity contribution in [3.8, 4) is 11.1 Å². The van der Waals surface area contributed by atoms with Gasteiger partial charge in [0.25, 0.3) is 0 Å². The van der Waals surface area contributed by atoms with Gasteiger partial charge >= 0.3 is 6.09 Å². The molecule has 4 nitrogen and oxygen atoms in total. The molecule has 3 aromatic rings. The number of carbonyl (C=O) groups excluding carboxylic acids is 1. The van der Waals surface area contributed by atoms with Crippen LogP contribution in [0.3, 0.4) is 0 Å². The summed E-state index contributed by atoms with van der Waals surface area (Å²) in [6.07, 6.45) is -1.65. The first kappa shape index (κ1) is 19.2. The summed E-state index contributed by atoms with van der Waals surface area (Å²) in [5.74, 6) is -0.466. The molecule has 0 radical (unpaired) electrons. The van der Waals surface area contributed by atoms with Gasteiger partial charge in [-0.25, -0.2) is 9.18 Å². The van der Waals surface area contributed by atoms with Crippen LogP contribution in [0.15, 0.2) is 72.8 Å². The van der Waals surface area contributed by atoms with Crippen LogP contribution in [0.2, 0.25) is 0 Å². The monoisotopic (exact) mass is 391 g/mol. The lowest BCUT2D eigenvalue weighted by Gasteiger charge is -2.21. The number of aliphatic hydroxyl groups excluding tert-OH is 1. The zero-order chi connectivity index (χ0) is 20.4. The maximum atomic E-state index is 13.4. The molecule has 0 heterocycles. The zero-order valence-electron chi connectivity index (χ0n) is 16.0. The lowest BCUT2D eigenvalue weighted by Crippen LogP contribution is -2.38.